The molecule has 0 aliphatic rings. The van der Waals surface area contributed by atoms with E-state index in [9.17, 15) is 0 Å². The highest BCUT2D eigenvalue weighted by Crippen LogP contribution is 2.31. The van der Waals surface area contributed by atoms with Gasteiger partial charge in [0.1, 0.15) is 6.33 Å². The first-order chi connectivity index (χ1) is 7.81. The highest BCUT2D eigenvalue weighted by molar-refractivity contribution is 7.99. The molecule has 0 fully saturated rings. The SMILES string of the molecule is Cn1ncnc1SC(CN)c1ccccn1. The Morgan fingerprint density at radius 2 is 2.31 bits per heavy atom. The Hall–Kier alpha value is -1.40. The lowest BCUT2D eigenvalue weighted by atomic mass is 10.3. The van der Waals surface area contributed by atoms with Gasteiger partial charge in [0.25, 0.3) is 0 Å². The molecule has 0 aliphatic heterocycles. The summed E-state index contributed by atoms with van der Waals surface area (Å²) in [5, 5.41) is 4.98. The Kier molecular flexibility index (Phi) is 3.53. The molecule has 6 heteroatoms. The number of thioether (sulfide) groups is 1. The molecule has 84 valence electrons. The topological polar surface area (TPSA) is 69.6 Å². The summed E-state index contributed by atoms with van der Waals surface area (Å²) in [5.41, 5.74) is 6.72. The van der Waals surface area contributed by atoms with Crippen LogP contribution < -0.4 is 5.73 Å². The zero-order chi connectivity index (χ0) is 11.4. The standard InChI is InChI=1S/C10H13N5S/c1-15-10(13-7-14-15)16-9(6-11)8-4-2-3-5-12-8/h2-5,7,9H,6,11H2,1H3. The van der Waals surface area contributed by atoms with Crippen molar-refractivity contribution in [3.63, 3.8) is 0 Å². The molecule has 2 N–H and O–H groups in total. The molecule has 0 amide bonds. The van der Waals surface area contributed by atoms with E-state index in [-0.39, 0.29) is 5.25 Å². The number of aryl methyl sites for hydroxylation is 1. The summed E-state index contributed by atoms with van der Waals surface area (Å²) in [6, 6.07) is 5.83. The van der Waals surface area contributed by atoms with Crippen LogP contribution in [-0.4, -0.2) is 26.3 Å². The largest absolute Gasteiger partial charge is 0.329 e. The quantitative estimate of drug-likeness (QED) is 0.801. The van der Waals surface area contributed by atoms with E-state index >= 15 is 0 Å². The zero-order valence-electron chi connectivity index (χ0n) is 8.95. The lowest BCUT2D eigenvalue weighted by Crippen LogP contribution is -2.11. The van der Waals surface area contributed by atoms with Gasteiger partial charge >= 0.3 is 0 Å². The van der Waals surface area contributed by atoms with Crippen molar-refractivity contribution in [2.24, 2.45) is 12.8 Å². The van der Waals surface area contributed by atoms with Crippen molar-refractivity contribution in [2.45, 2.75) is 10.4 Å². The van der Waals surface area contributed by atoms with Crippen LogP contribution in [0, 0.1) is 0 Å². The molecule has 16 heavy (non-hydrogen) atoms. The maximum Gasteiger partial charge on any atom is 0.186 e. The van der Waals surface area contributed by atoms with Crippen LogP contribution in [0.3, 0.4) is 0 Å². The summed E-state index contributed by atoms with van der Waals surface area (Å²) in [7, 11) is 1.86. The van der Waals surface area contributed by atoms with Gasteiger partial charge in [-0.3, -0.25) is 4.98 Å². The van der Waals surface area contributed by atoms with Crippen LogP contribution in [0.25, 0.3) is 0 Å². The van der Waals surface area contributed by atoms with Gasteiger partial charge in [-0.15, -0.1) is 0 Å². The van der Waals surface area contributed by atoms with Crippen LogP contribution in [0.5, 0.6) is 0 Å². The van der Waals surface area contributed by atoms with E-state index in [0.29, 0.717) is 6.54 Å². The molecule has 0 saturated carbocycles. The first-order valence-corrected chi connectivity index (χ1v) is 5.81. The van der Waals surface area contributed by atoms with E-state index < -0.39 is 0 Å². The molecule has 1 unspecified atom stereocenters. The Morgan fingerprint density at radius 3 is 2.88 bits per heavy atom. The minimum absolute atomic E-state index is 0.115. The molecule has 2 aromatic heterocycles. The van der Waals surface area contributed by atoms with Crippen molar-refractivity contribution >= 4 is 11.8 Å². The molecule has 0 saturated heterocycles. The molecular weight excluding hydrogens is 222 g/mol. The zero-order valence-corrected chi connectivity index (χ0v) is 9.76. The molecule has 0 bridgehead atoms. The minimum Gasteiger partial charge on any atom is -0.329 e. The van der Waals surface area contributed by atoms with Gasteiger partial charge in [0.2, 0.25) is 0 Å². The van der Waals surface area contributed by atoms with E-state index in [1.54, 1.807) is 22.6 Å². The van der Waals surface area contributed by atoms with Crippen molar-refractivity contribution in [2.75, 3.05) is 6.54 Å². The van der Waals surface area contributed by atoms with Crippen molar-refractivity contribution in [1.29, 1.82) is 0 Å². The summed E-state index contributed by atoms with van der Waals surface area (Å²) in [6.07, 6.45) is 3.31. The van der Waals surface area contributed by atoms with E-state index in [1.165, 1.54) is 6.33 Å². The smallest absolute Gasteiger partial charge is 0.186 e. The molecule has 0 radical (unpaired) electrons. The van der Waals surface area contributed by atoms with Crippen LogP contribution in [0.4, 0.5) is 0 Å². The van der Waals surface area contributed by atoms with E-state index in [1.807, 2.05) is 25.2 Å². The third-order valence-corrected chi connectivity index (χ3v) is 3.45. The fraction of sp³-hybridized carbons (Fsp3) is 0.300. The first kappa shape index (κ1) is 11.1. The lowest BCUT2D eigenvalue weighted by Gasteiger charge is -2.12. The molecule has 0 aromatic carbocycles. The van der Waals surface area contributed by atoms with E-state index in [2.05, 4.69) is 15.1 Å². The fourth-order valence-electron chi connectivity index (χ4n) is 1.32. The van der Waals surface area contributed by atoms with Crippen LogP contribution in [0.1, 0.15) is 10.9 Å². The van der Waals surface area contributed by atoms with Gasteiger partial charge in [-0.1, -0.05) is 17.8 Å². The van der Waals surface area contributed by atoms with Gasteiger partial charge in [-0.25, -0.2) is 9.67 Å². The van der Waals surface area contributed by atoms with Crippen molar-refractivity contribution in [3.05, 3.63) is 36.4 Å². The second kappa shape index (κ2) is 5.09. The summed E-state index contributed by atoms with van der Waals surface area (Å²) in [5.74, 6) is 0. The monoisotopic (exact) mass is 235 g/mol. The van der Waals surface area contributed by atoms with Crippen LogP contribution in [0.15, 0.2) is 35.9 Å². The molecule has 5 nitrogen and oxygen atoms in total. The molecule has 2 rings (SSSR count). The number of pyridine rings is 1. The normalized spacial score (nSPS) is 12.6. The average Bonchev–Trinajstić information content (AvgIpc) is 2.73. The van der Waals surface area contributed by atoms with Gasteiger partial charge in [0, 0.05) is 19.8 Å². The van der Waals surface area contributed by atoms with Gasteiger partial charge < -0.3 is 5.73 Å². The number of nitrogens with zero attached hydrogens (tertiary/aromatic N) is 4. The summed E-state index contributed by atoms with van der Waals surface area (Å²) in [6.45, 7) is 0.522. The molecule has 1 atom stereocenters. The van der Waals surface area contributed by atoms with Crippen LogP contribution in [-0.2, 0) is 7.05 Å². The first-order valence-electron chi connectivity index (χ1n) is 4.93. The molecule has 2 aromatic rings. The number of aromatic nitrogens is 4. The van der Waals surface area contributed by atoms with Crippen molar-refractivity contribution < 1.29 is 0 Å². The summed E-state index contributed by atoms with van der Waals surface area (Å²) < 4.78 is 1.73. The Balaban J connectivity index is 2.16. The highest BCUT2D eigenvalue weighted by Gasteiger charge is 2.15. The number of nitrogens with two attached hydrogens (primary N) is 1. The Morgan fingerprint density at radius 1 is 1.44 bits per heavy atom. The second-order valence-corrected chi connectivity index (χ2v) is 4.43. The summed E-state index contributed by atoms with van der Waals surface area (Å²) >= 11 is 1.58. The van der Waals surface area contributed by atoms with Crippen molar-refractivity contribution in [1.82, 2.24) is 19.7 Å². The van der Waals surface area contributed by atoms with E-state index in [4.69, 9.17) is 5.73 Å². The predicted octanol–water partition coefficient (Wildman–Crippen LogP) is 1.00. The maximum atomic E-state index is 5.75. The van der Waals surface area contributed by atoms with E-state index in [0.717, 1.165) is 10.9 Å². The molecule has 0 spiro atoms. The van der Waals surface area contributed by atoms with Gasteiger partial charge in [-0.05, 0) is 12.1 Å². The number of rotatable bonds is 4. The highest BCUT2D eigenvalue weighted by atomic mass is 32.2. The van der Waals surface area contributed by atoms with Crippen molar-refractivity contribution in [3.8, 4) is 0 Å². The third-order valence-electron chi connectivity index (χ3n) is 2.15. The fourth-order valence-corrected chi connectivity index (χ4v) is 2.23. The number of hydrogen-bond donors (Lipinski definition) is 1. The minimum atomic E-state index is 0.115. The third kappa shape index (κ3) is 2.40. The average molecular weight is 235 g/mol. The second-order valence-electron chi connectivity index (χ2n) is 3.26. The molecule has 2 heterocycles. The lowest BCUT2D eigenvalue weighted by molar-refractivity contribution is 0.682. The number of hydrogen-bond acceptors (Lipinski definition) is 5. The molecular formula is C10H13N5S. The van der Waals surface area contributed by atoms with Gasteiger partial charge in [0.05, 0.1) is 10.9 Å². The van der Waals surface area contributed by atoms with Gasteiger partial charge in [-0.2, -0.15) is 5.10 Å². The van der Waals surface area contributed by atoms with Gasteiger partial charge in [0.15, 0.2) is 5.16 Å². The predicted molar refractivity (Wildman–Crippen MR) is 62.9 cm³/mol. The van der Waals surface area contributed by atoms with Crippen LogP contribution in [0.2, 0.25) is 0 Å². The Bertz CT molecular complexity index is 441. The molecule has 0 aliphatic carbocycles. The Labute approximate surface area is 98.1 Å². The maximum absolute atomic E-state index is 5.75. The van der Waals surface area contributed by atoms with Crippen LogP contribution >= 0.6 is 11.8 Å². The summed E-state index contributed by atoms with van der Waals surface area (Å²) in [4.78, 5) is 8.46.